The van der Waals surface area contributed by atoms with Crippen molar-refractivity contribution in [3.63, 3.8) is 0 Å². The minimum absolute atomic E-state index is 0.108. The van der Waals surface area contributed by atoms with E-state index in [4.69, 9.17) is 0 Å². The van der Waals surface area contributed by atoms with Crippen LogP contribution in [-0.4, -0.2) is 65.3 Å². The molecule has 0 saturated carbocycles. The number of piperazine rings is 1. The van der Waals surface area contributed by atoms with Crippen LogP contribution in [0.2, 0.25) is 0 Å². The predicted octanol–water partition coefficient (Wildman–Crippen LogP) is 5.28. The molecule has 0 unspecified atom stereocenters. The zero-order valence-corrected chi connectivity index (χ0v) is 22.7. The minimum atomic E-state index is -0.206. The van der Waals surface area contributed by atoms with Crippen molar-refractivity contribution in [2.24, 2.45) is 5.92 Å². The maximum atomic E-state index is 13.7. The van der Waals surface area contributed by atoms with Gasteiger partial charge in [0.1, 0.15) is 0 Å². The Kier molecular flexibility index (Phi) is 8.66. The summed E-state index contributed by atoms with van der Waals surface area (Å²) in [5.41, 5.74) is 3.91. The molecule has 2 aliphatic heterocycles. The Morgan fingerprint density at radius 3 is 2.31 bits per heavy atom. The summed E-state index contributed by atoms with van der Waals surface area (Å²) in [6.07, 6.45) is 5.09. The Morgan fingerprint density at radius 2 is 1.66 bits per heavy atom. The molecular weight excluding hydrogens is 454 g/mol. The van der Waals surface area contributed by atoms with Gasteiger partial charge in [-0.3, -0.25) is 14.5 Å². The quantitative estimate of drug-likeness (QED) is 0.500. The monoisotopic (exact) mass is 495 g/mol. The van der Waals surface area contributed by atoms with Crippen molar-refractivity contribution in [2.45, 2.75) is 71.9 Å². The van der Waals surface area contributed by atoms with Crippen LogP contribution < -0.4 is 0 Å². The third kappa shape index (κ3) is 5.49. The molecule has 3 heterocycles. The van der Waals surface area contributed by atoms with Gasteiger partial charge in [0.15, 0.2) is 0 Å². The van der Waals surface area contributed by atoms with E-state index < -0.39 is 0 Å². The lowest BCUT2D eigenvalue weighted by atomic mass is 9.89. The van der Waals surface area contributed by atoms with Crippen LogP contribution in [0.5, 0.6) is 0 Å². The van der Waals surface area contributed by atoms with Crippen LogP contribution in [0, 0.1) is 12.8 Å². The van der Waals surface area contributed by atoms with E-state index in [1.54, 1.807) is 0 Å². The molecule has 2 aromatic rings. The standard InChI is InChI=1S/C29H41N3O2S/c1-5-7-11-23(6-2)29(34)31-18-16-30(17-19-31)28(33)22(4)32-15-13-26-25(14-20-35-26)27(32)24-12-9-8-10-21(24)3/h8-10,12,14,20,22-23,27H,5-7,11,13,15-19H2,1-4H3/t22-,23-,27-/m0/s1. The van der Waals surface area contributed by atoms with Gasteiger partial charge in [-0.05, 0) is 61.2 Å². The molecule has 5 nitrogen and oxygen atoms in total. The number of unbranched alkanes of at least 4 members (excludes halogenated alkanes) is 1. The predicted molar refractivity (Wildman–Crippen MR) is 144 cm³/mol. The molecule has 4 rings (SSSR count). The highest BCUT2D eigenvalue weighted by Crippen LogP contribution is 2.40. The van der Waals surface area contributed by atoms with Gasteiger partial charge in [0.25, 0.3) is 0 Å². The van der Waals surface area contributed by atoms with Gasteiger partial charge in [0, 0.05) is 43.5 Å². The first-order valence-electron chi connectivity index (χ1n) is 13.4. The fraction of sp³-hybridized carbons (Fsp3) is 0.586. The molecule has 0 spiro atoms. The van der Waals surface area contributed by atoms with E-state index in [0.717, 1.165) is 38.6 Å². The topological polar surface area (TPSA) is 43.9 Å². The lowest BCUT2D eigenvalue weighted by molar-refractivity contribution is -0.145. The number of hydrogen-bond acceptors (Lipinski definition) is 4. The molecule has 0 N–H and O–H groups in total. The summed E-state index contributed by atoms with van der Waals surface area (Å²) in [5, 5.41) is 2.19. The Morgan fingerprint density at radius 1 is 0.971 bits per heavy atom. The Balaban J connectivity index is 1.45. The number of thiophene rings is 1. The first kappa shape index (κ1) is 25.9. The van der Waals surface area contributed by atoms with Gasteiger partial charge >= 0.3 is 0 Å². The van der Waals surface area contributed by atoms with E-state index in [1.807, 2.05) is 21.1 Å². The fourth-order valence-corrected chi connectivity index (χ4v) is 6.66. The van der Waals surface area contributed by atoms with Gasteiger partial charge in [0.05, 0.1) is 12.1 Å². The Hall–Kier alpha value is -2.18. The third-order valence-corrected chi connectivity index (χ3v) is 8.99. The molecular formula is C29H41N3O2S. The number of carbonyl (C=O) groups is 2. The molecule has 6 heteroatoms. The highest BCUT2D eigenvalue weighted by molar-refractivity contribution is 7.10. The second kappa shape index (κ2) is 11.7. The molecule has 0 aliphatic carbocycles. The molecule has 35 heavy (non-hydrogen) atoms. The van der Waals surface area contributed by atoms with Crippen molar-refractivity contribution in [2.75, 3.05) is 32.7 Å². The smallest absolute Gasteiger partial charge is 0.239 e. The third-order valence-electron chi connectivity index (χ3n) is 7.99. The molecule has 3 atom stereocenters. The molecule has 2 aliphatic rings. The Labute approximate surface area is 215 Å². The van der Waals surface area contributed by atoms with Crippen LogP contribution in [0.25, 0.3) is 0 Å². The highest BCUT2D eigenvalue weighted by atomic mass is 32.1. The molecule has 1 fully saturated rings. The highest BCUT2D eigenvalue weighted by Gasteiger charge is 2.38. The van der Waals surface area contributed by atoms with Crippen LogP contribution in [0.3, 0.4) is 0 Å². The second-order valence-electron chi connectivity index (χ2n) is 10.1. The number of fused-ring (bicyclic) bond motifs is 1. The molecule has 0 bridgehead atoms. The SMILES string of the molecule is CCCC[C@H](CC)C(=O)N1CCN(C(=O)[C@H](C)N2CCc3sccc3[C@@H]2c2ccccc2C)CC1. The summed E-state index contributed by atoms with van der Waals surface area (Å²) in [4.78, 5) is 34.5. The van der Waals surface area contributed by atoms with Crippen molar-refractivity contribution >= 4 is 23.2 Å². The van der Waals surface area contributed by atoms with Gasteiger partial charge in [-0.1, -0.05) is 51.0 Å². The van der Waals surface area contributed by atoms with E-state index in [9.17, 15) is 9.59 Å². The summed E-state index contributed by atoms with van der Waals surface area (Å²) in [7, 11) is 0. The molecule has 0 radical (unpaired) electrons. The molecule has 1 aromatic carbocycles. The van der Waals surface area contributed by atoms with Gasteiger partial charge in [-0.2, -0.15) is 0 Å². The zero-order valence-electron chi connectivity index (χ0n) is 21.8. The number of benzene rings is 1. The molecule has 1 aromatic heterocycles. The maximum absolute atomic E-state index is 13.7. The lowest BCUT2D eigenvalue weighted by Gasteiger charge is -2.43. The number of nitrogens with zero attached hydrogens (tertiary/aromatic N) is 3. The van der Waals surface area contributed by atoms with E-state index in [2.05, 4.69) is 68.3 Å². The van der Waals surface area contributed by atoms with Crippen LogP contribution in [0.1, 0.15) is 74.1 Å². The van der Waals surface area contributed by atoms with E-state index in [0.29, 0.717) is 26.2 Å². The van der Waals surface area contributed by atoms with Crippen molar-refractivity contribution in [1.82, 2.24) is 14.7 Å². The summed E-state index contributed by atoms with van der Waals surface area (Å²) in [5.74, 6) is 0.591. The summed E-state index contributed by atoms with van der Waals surface area (Å²) >= 11 is 1.83. The van der Waals surface area contributed by atoms with Crippen LogP contribution in [0.15, 0.2) is 35.7 Å². The molecule has 2 amide bonds. The average Bonchev–Trinajstić information content (AvgIpc) is 3.37. The second-order valence-corrected chi connectivity index (χ2v) is 11.1. The first-order valence-corrected chi connectivity index (χ1v) is 14.3. The first-order chi connectivity index (χ1) is 17.0. The summed E-state index contributed by atoms with van der Waals surface area (Å²) in [6, 6.07) is 10.7. The van der Waals surface area contributed by atoms with Gasteiger partial charge in [-0.25, -0.2) is 0 Å². The van der Waals surface area contributed by atoms with Crippen LogP contribution in [0.4, 0.5) is 0 Å². The van der Waals surface area contributed by atoms with E-state index >= 15 is 0 Å². The van der Waals surface area contributed by atoms with Crippen molar-refractivity contribution in [3.8, 4) is 0 Å². The number of hydrogen-bond donors (Lipinski definition) is 0. The Bertz CT molecular complexity index is 1010. The summed E-state index contributed by atoms with van der Waals surface area (Å²) in [6.45, 7) is 12.0. The average molecular weight is 496 g/mol. The zero-order chi connectivity index (χ0) is 24.9. The van der Waals surface area contributed by atoms with E-state index in [-0.39, 0.29) is 29.8 Å². The number of rotatable bonds is 8. The molecule has 1 saturated heterocycles. The van der Waals surface area contributed by atoms with Gasteiger partial charge < -0.3 is 9.80 Å². The van der Waals surface area contributed by atoms with Crippen molar-refractivity contribution < 1.29 is 9.59 Å². The van der Waals surface area contributed by atoms with Crippen LogP contribution in [-0.2, 0) is 16.0 Å². The van der Waals surface area contributed by atoms with Crippen LogP contribution >= 0.6 is 11.3 Å². The lowest BCUT2D eigenvalue weighted by Crippen LogP contribution is -2.56. The van der Waals surface area contributed by atoms with Crippen molar-refractivity contribution in [1.29, 1.82) is 0 Å². The number of carbonyl (C=O) groups excluding carboxylic acids is 2. The molecule has 190 valence electrons. The normalized spacial score (nSPS) is 20.4. The van der Waals surface area contributed by atoms with E-state index in [1.165, 1.54) is 21.6 Å². The summed E-state index contributed by atoms with van der Waals surface area (Å²) < 4.78 is 0. The largest absolute Gasteiger partial charge is 0.339 e. The van der Waals surface area contributed by atoms with Gasteiger partial charge in [-0.15, -0.1) is 11.3 Å². The number of amides is 2. The maximum Gasteiger partial charge on any atom is 0.239 e. The fourth-order valence-electron chi connectivity index (χ4n) is 5.76. The number of aryl methyl sites for hydroxylation is 1. The van der Waals surface area contributed by atoms with Gasteiger partial charge in [0.2, 0.25) is 11.8 Å². The van der Waals surface area contributed by atoms with Crippen molar-refractivity contribution in [3.05, 3.63) is 57.3 Å². The minimum Gasteiger partial charge on any atom is -0.339 e.